The van der Waals surface area contributed by atoms with Crippen molar-refractivity contribution in [3.05, 3.63) is 32.6 Å². The fourth-order valence-electron chi connectivity index (χ4n) is 2.30. The molecule has 0 aliphatic carbocycles. The highest BCUT2D eigenvalue weighted by Gasteiger charge is 2.13. The van der Waals surface area contributed by atoms with E-state index in [1.807, 2.05) is 6.92 Å². The lowest BCUT2D eigenvalue weighted by Crippen LogP contribution is -2.36. The normalized spacial score (nSPS) is 11.8. The van der Waals surface area contributed by atoms with Crippen LogP contribution in [0.3, 0.4) is 0 Å². The van der Waals surface area contributed by atoms with Gasteiger partial charge >= 0.3 is 0 Å². The second-order valence-electron chi connectivity index (χ2n) is 5.27. The number of nitrogens with zero attached hydrogens (tertiary/aromatic N) is 3. The molecule has 7 heteroatoms. The summed E-state index contributed by atoms with van der Waals surface area (Å²) < 4.78 is 5.39. The second-order valence-corrected chi connectivity index (χ2v) is 6.55. The molecular weight excluding hydrogens is 310 g/mol. The molecule has 0 spiro atoms. The Bertz CT molecular complexity index is 633. The smallest absolute Gasteiger partial charge is 0.191 e. The molecular formula is C16H25N5OS. The van der Waals surface area contributed by atoms with E-state index in [1.54, 1.807) is 18.4 Å². The lowest BCUT2D eigenvalue weighted by atomic mass is 10.1. The van der Waals surface area contributed by atoms with Gasteiger partial charge in [0.05, 0.1) is 17.9 Å². The Morgan fingerprint density at radius 3 is 2.48 bits per heavy atom. The van der Waals surface area contributed by atoms with E-state index in [0.717, 1.165) is 46.5 Å². The van der Waals surface area contributed by atoms with Gasteiger partial charge in [-0.1, -0.05) is 19.0 Å². The molecule has 2 aromatic heterocycles. The van der Waals surface area contributed by atoms with Gasteiger partial charge in [-0.05, 0) is 20.3 Å². The van der Waals surface area contributed by atoms with Crippen molar-refractivity contribution >= 4 is 17.3 Å². The van der Waals surface area contributed by atoms with E-state index in [9.17, 15) is 0 Å². The Hall–Kier alpha value is -1.89. The summed E-state index contributed by atoms with van der Waals surface area (Å²) in [5.41, 5.74) is 3.24. The van der Waals surface area contributed by atoms with Crippen LogP contribution in [0.25, 0.3) is 0 Å². The van der Waals surface area contributed by atoms with Gasteiger partial charge in [0.1, 0.15) is 10.8 Å². The third kappa shape index (κ3) is 4.31. The summed E-state index contributed by atoms with van der Waals surface area (Å²) in [7, 11) is 1.77. The van der Waals surface area contributed by atoms with E-state index >= 15 is 0 Å². The van der Waals surface area contributed by atoms with Crippen LogP contribution in [0.4, 0.5) is 0 Å². The minimum absolute atomic E-state index is 0.658. The predicted molar refractivity (Wildman–Crippen MR) is 93.9 cm³/mol. The number of hydrogen-bond donors (Lipinski definition) is 2. The molecule has 2 rings (SSSR count). The number of hydrogen-bond acceptors (Lipinski definition) is 5. The van der Waals surface area contributed by atoms with Crippen LogP contribution >= 0.6 is 11.3 Å². The molecule has 0 aromatic carbocycles. The molecule has 126 valence electrons. The van der Waals surface area contributed by atoms with Crippen molar-refractivity contribution in [1.82, 2.24) is 20.8 Å². The Labute approximate surface area is 141 Å². The maximum absolute atomic E-state index is 5.39. The van der Waals surface area contributed by atoms with E-state index in [1.165, 1.54) is 4.88 Å². The molecule has 6 nitrogen and oxygen atoms in total. The first-order chi connectivity index (χ1) is 11.1. The maximum Gasteiger partial charge on any atom is 0.191 e. The summed E-state index contributed by atoms with van der Waals surface area (Å²) in [5.74, 6) is 1.69. The molecule has 0 fully saturated rings. The molecule has 0 radical (unpaired) electrons. The minimum atomic E-state index is 0.658. The van der Waals surface area contributed by atoms with Crippen molar-refractivity contribution in [3.8, 4) is 0 Å². The van der Waals surface area contributed by atoms with E-state index in [2.05, 4.69) is 46.5 Å². The highest BCUT2D eigenvalue weighted by atomic mass is 32.1. The van der Waals surface area contributed by atoms with Crippen molar-refractivity contribution in [1.29, 1.82) is 0 Å². The van der Waals surface area contributed by atoms with E-state index in [-0.39, 0.29) is 0 Å². The number of aromatic nitrogens is 2. The fraction of sp³-hybridized carbons (Fsp3) is 0.562. The van der Waals surface area contributed by atoms with Gasteiger partial charge in [-0.2, -0.15) is 0 Å². The quantitative estimate of drug-likeness (QED) is 0.627. The average Bonchev–Trinajstić information content (AvgIpc) is 3.10. The maximum atomic E-state index is 5.39. The molecule has 0 saturated heterocycles. The predicted octanol–water partition coefficient (Wildman–Crippen LogP) is 2.74. The number of aliphatic imine (C=N–C) groups is 1. The highest BCUT2D eigenvalue weighted by Crippen LogP contribution is 2.16. The lowest BCUT2D eigenvalue weighted by Gasteiger charge is -2.11. The summed E-state index contributed by atoms with van der Waals surface area (Å²) in [4.78, 5) is 10.1. The molecule has 0 unspecified atom stereocenters. The van der Waals surface area contributed by atoms with Gasteiger partial charge in [0.15, 0.2) is 5.96 Å². The van der Waals surface area contributed by atoms with E-state index in [4.69, 9.17) is 4.52 Å². The van der Waals surface area contributed by atoms with Gasteiger partial charge in [0.2, 0.25) is 0 Å². The molecule has 2 aromatic rings. The first kappa shape index (κ1) is 17.5. The molecule has 0 atom stereocenters. The van der Waals surface area contributed by atoms with Crippen molar-refractivity contribution in [3.63, 3.8) is 0 Å². The number of nitrogens with one attached hydrogen (secondary N) is 2. The summed E-state index contributed by atoms with van der Waals surface area (Å²) in [6, 6.07) is 0. The highest BCUT2D eigenvalue weighted by molar-refractivity contribution is 7.11. The Morgan fingerprint density at radius 2 is 1.91 bits per heavy atom. The molecule has 23 heavy (non-hydrogen) atoms. The van der Waals surface area contributed by atoms with Crippen LogP contribution in [0.5, 0.6) is 0 Å². The number of guanidine groups is 1. The van der Waals surface area contributed by atoms with Crippen LogP contribution in [0.1, 0.15) is 46.4 Å². The van der Waals surface area contributed by atoms with Crippen molar-refractivity contribution in [2.24, 2.45) is 4.99 Å². The molecule has 0 aliphatic heterocycles. The summed E-state index contributed by atoms with van der Waals surface area (Å²) in [5, 5.41) is 11.8. The lowest BCUT2D eigenvalue weighted by molar-refractivity contribution is 0.380. The Balaban J connectivity index is 1.94. The third-order valence-corrected chi connectivity index (χ3v) is 4.82. The van der Waals surface area contributed by atoms with Crippen molar-refractivity contribution < 1.29 is 4.52 Å². The topological polar surface area (TPSA) is 75.3 Å². The van der Waals surface area contributed by atoms with Crippen molar-refractivity contribution in [2.45, 2.75) is 53.6 Å². The van der Waals surface area contributed by atoms with Gasteiger partial charge in [0.25, 0.3) is 0 Å². The first-order valence-corrected chi connectivity index (χ1v) is 8.74. The molecule has 0 aliphatic rings. The van der Waals surface area contributed by atoms with Crippen molar-refractivity contribution in [2.75, 3.05) is 7.05 Å². The van der Waals surface area contributed by atoms with Crippen LogP contribution in [0.2, 0.25) is 0 Å². The zero-order chi connectivity index (χ0) is 16.8. The number of rotatable bonds is 6. The average molecular weight is 335 g/mol. The third-order valence-electron chi connectivity index (χ3n) is 3.74. The molecule has 0 bridgehead atoms. The van der Waals surface area contributed by atoms with Gasteiger partial charge in [0, 0.05) is 30.5 Å². The zero-order valence-corrected chi connectivity index (χ0v) is 15.3. The van der Waals surface area contributed by atoms with E-state index in [0.29, 0.717) is 13.1 Å². The van der Waals surface area contributed by atoms with Crippen LogP contribution in [0, 0.1) is 13.8 Å². The number of thiazole rings is 1. The molecule has 0 saturated carbocycles. The minimum Gasteiger partial charge on any atom is -0.361 e. The first-order valence-electron chi connectivity index (χ1n) is 7.92. The van der Waals surface area contributed by atoms with Gasteiger partial charge in [-0.3, -0.25) is 4.99 Å². The number of aryl methyl sites for hydroxylation is 4. The van der Waals surface area contributed by atoms with E-state index < -0.39 is 0 Å². The largest absolute Gasteiger partial charge is 0.361 e. The van der Waals surface area contributed by atoms with Crippen LogP contribution in [-0.2, 0) is 25.9 Å². The molecule has 2 heterocycles. The molecule has 2 N–H and O–H groups in total. The summed E-state index contributed by atoms with van der Waals surface area (Å²) in [6.45, 7) is 9.61. The van der Waals surface area contributed by atoms with Gasteiger partial charge in [-0.25, -0.2) is 4.98 Å². The monoisotopic (exact) mass is 335 g/mol. The zero-order valence-electron chi connectivity index (χ0n) is 14.5. The summed E-state index contributed by atoms with van der Waals surface area (Å²) >= 11 is 1.71. The summed E-state index contributed by atoms with van der Waals surface area (Å²) in [6.07, 6.45) is 1.71. The Morgan fingerprint density at radius 1 is 1.17 bits per heavy atom. The van der Waals surface area contributed by atoms with Gasteiger partial charge < -0.3 is 15.2 Å². The van der Waals surface area contributed by atoms with Crippen LogP contribution < -0.4 is 10.6 Å². The van der Waals surface area contributed by atoms with Gasteiger partial charge in [-0.15, -0.1) is 11.3 Å². The second kappa shape index (κ2) is 8.10. The van der Waals surface area contributed by atoms with Crippen LogP contribution in [0.15, 0.2) is 9.52 Å². The van der Waals surface area contributed by atoms with Crippen LogP contribution in [-0.4, -0.2) is 23.1 Å². The SMILES string of the molecule is CCc1noc(CC)c1CNC(=NC)NCc1nc(C)c(C)s1. The molecule has 0 amide bonds. The standard InChI is InChI=1S/C16H25N5OS/c1-6-13-12(14(7-2)22-21-13)8-18-16(17-5)19-9-15-20-10(3)11(4)23-15/h6-9H2,1-5H3,(H2,17,18,19). The Kier molecular flexibility index (Phi) is 6.15. The fourth-order valence-corrected chi connectivity index (χ4v) is 3.18.